The first-order valence-corrected chi connectivity index (χ1v) is 7.74. The minimum absolute atomic E-state index is 0.250. The van der Waals surface area contributed by atoms with Crippen LogP contribution in [-0.2, 0) is 6.42 Å². The maximum atomic E-state index is 12.3. The van der Waals surface area contributed by atoms with Crippen LogP contribution in [0, 0.1) is 5.82 Å². The van der Waals surface area contributed by atoms with Crippen molar-refractivity contribution in [3.63, 3.8) is 0 Å². The van der Waals surface area contributed by atoms with Crippen molar-refractivity contribution in [3.8, 4) is 0 Å². The molecule has 0 heterocycles. The number of benzene rings is 2. The number of halogens is 1. The Kier molecular flexibility index (Phi) is 12.8. The van der Waals surface area contributed by atoms with Gasteiger partial charge in [-0.1, -0.05) is 42.5 Å². The van der Waals surface area contributed by atoms with E-state index < -0.39 is 6.10 Å². The summed E-state index contributed by atoms with van der Waals surface area (Å²) in [6.07, 6.45) is 1.34. The van der Waals surface area contributed by atoms with Crippen molar-refractivity contribution in [1.82, 2.24) is 0 Å². The van der Waals surface area contributed by atoms with Gasteiger partial charge in [0, 0.05) is 13.2 Å². The number of aliphatic hydroxyl groups excluding tert-OH is 3. The molecule has 3 N–H and O–H groups in total. The Morgan fingerprint density at radius 2 is 1.48 bits per heavy atom. The fourth-order valence-electron chi connectivity index (χ4n) is 1.67. The molecule has 2 aromatic carbocycles. The molecule has 0 saturated carbocycles. The summed E-state index contributed by atoms with van der Waals surface area (Å²) >= 11 is 0. The molecule has 2 aromatic rings. The van der Waals surface area contributed by atoms with E-state index in [0.29, 0.717) is 0 Å². The molecular weight excluding hydrogens is 295 g/mol. The number of aliphatic hydroxyl groups is 3. The molecule has 1 atom stereocenters. The van der Waals surface area contributed by atoms with Crippen molar-refractivity contribution in [2.45, 2.75) is 32.8 Å². The van der Waals surface area contributed by atoms with E-state index in [4.69, 9.17) is 15.3 Å². The van der Waals surface area contributed by atoms with E-state index in [9.17, 15) is 4.39 Å². The quantitative estimate of drug-likeness (QED) is 0.807. The van der Waals surface area contributed by atoms with Crippen LogP contribution in [0.15, 0.2) is 54.6 Å². The Balaban J connectivity index is 0.000000360. The smallest absolute Gasteiger partial charge is 0.123 e. The Hall–Kier alpha value is -1.75. The van der Waals surface area contributed by atoms with E-state index in [2.05, 4.69) is 12.1 Å². The van der Waals surface area contributed by atoms with Crippen LogP contribution < -0.4 is 0 Å². The van der Waals surface area contributed by atoms with Gasteiger partial charge in [-0.25, -0.2) is 4.39 Å². The first-order valence-electron chi connectivity index (χ1n) is 7.74. The van der Waals surface area contributed by atoms with Crippen LogP contribution in [0.4, 0.5) is 4.39 Å². The van der Waals surface area contributed by atoms with Crippen LogP contribution >= 0.6 is 0 Å². The van der Waals surface area contributed by atoms with Crippen molar-refractivity contribution in [2.24, 2.45) is 0 Å². The lowest BCUT2D eigenvalue weighted by molar-refractivity contribution is 0.199. The second kappa shape index (κ2) is 13.9. The van der Waals surface area contributed by atoms with Gasteiger partial charge in [0.05, 0.1) is 6.10 Å². The molecule has 0 bridgehead atoms. The summed E-state index contributed by atoms with van der Waals surface area (Å²) in [5.41, 5.74) is 2.04. The van der Waals surface area contributed by atoms with Gasteiger partial charge in [-0.3, -0.25) is 0 Å². The standard InChI is InChI=1S/C9H12O.C8H9FO.C2H6O/c10-8-4-7-9-5-2-1-3-6-9;1-6(10)7-2-4-8(9)5-3-7;1-2-3/h1-3,5-6,10H,4,7-8H2;2-6,10H,1H3;3H,2H2,1H3. The summed E-state index contributed by atoms with van der Waals surface area (Å²) in [5, 5.41) is 25.1. The van der Waals surface area contributed by atoms with Gasteiger partial charge in [0.25, 0.3) is 0 Å². The van der Waals surface area contributed by atoms with Crippen LogP contribution in [0.25, 0.3) is 0 Å². The average molecular weight is 322 g/mol. The summed E-state index contributed by atoms with van der Waals surface area (Å²) < 4.78 is 12.3. The van der Waals surface area contributed by atoms with Crippen molar-refractivity contribution in [1.29, 1.82) is 0 Å². The normalized spacial score (nSPS) is 10.7. The van der Waals surface area contributed by atoms with Crippen LogP contribution in [0.1, 0.15) is 37.5 Å². The number of aryl methyl sites for hydroxylation is 1. The van der Waals surface area contributed by atoms with Crippen molar-refractivity contribution >= 4 is 0 Å². The van der Waals surface area contributed by atoms with E-state index in [1.165, 1.54) is 17.7 Å². The molecule has 0 saturated heterocycles. The minimum Gasteiger partial charge on any atom is -0.397 e. The molecule has 128 valence electrons. The summed E-state index contributed by atoms with van der Waals surface area (Å²) in [6.45, 7) is 3.86. The zero-order valence-electron chi connectivity index (χ0n) is 13.8. The molecule has 4 heteroatoms. The van der Waals surface area contributed by atoms with E-state index >= 15 is 0 Å². The predicted molar refractivity (Wildman–Crippen MR) is 91.6 cm³/mol. The maximum Gasteiger partial charge on any atom is 0.123 e. The molecule has 0 radical (unpaired) electrons. The van der Waals surface area contributed by atoms with Crippen molar-refractivity contribution in [3.05, 3.63) is 71.5 Å². The molecular formula is C19H27FO3. The van der Waals surface area contributed by atoms with Crippen LogP contribution in [-0.4, -0.2) is 28.5 Å². The lowest BCUT2D eigenvalue weighted by atomic mass is 10.1. The van der Waals surface area contributed by atoms with Gasteiger partial charge in [0.1, 0.15) is 5.82 Å². The van der Waals surface area contributed by atoms with Gasteiger partial charge in [-0.2, -0.15) is 0 Å². The predicted octanol–water partition coefficient (Wildman–Crippen LogP) is 3.49. The second-order valence-electron chi connectivity index (χ2n) is 4.86. The zero-order valence-corrected chi connectivity index (χ0v) is 13.8. The van der Waals surface area contributed by atoms with Gasteiger partial charge in [0.15, 0.2) is 0 Å². The van der Waals surface area contributed by atoms with Gasteiger partial charge < -0.3 is 15.3 Å². The Bertz CT molecular complexity index is 484. The molecule has 1 unspecified atom stereocenters. The monoisotopic (exact) mass is 322 g/mol. The molecule has 3 nitrogen and oxygen atoms in total. The Morgan fingerprint density at radius 1 is 0.957 bits per heavy atom. The van der Waals surface area contributed by atoms with Gasteiger partial charge >= 0.3 is 0 Å². The summed E-state index contributed by atoms with van der Waals surface area (Å²) in [7, 11) is 0. The molecule has 0 aliphatic rings. The lowest BCUT2D eigenvalue weighted by Gasteiger charge is -2.01. The van der Waals surface area contributed by atoms with Gasteiger partial charge in [-0.05, 0) is 49.9 Å². The number of hydrogen-bond acceptors (Lipinski definition) is 3. The van der Waals surface area contributed by atoms with Crippen molar-refractivity contribution in [2.75, 3.05) is 13.2 Å². The highest BCUT2D eigenvalue weighted by molar-refractivity contribution is 5.17. The maximum absolute atomic E-state index is 12.3. The Morgan fingerprint density at radius 3 is 1.91 bits per heavy atom. The third-order valence-corrected chi connectivity index (χ3v) is 2.82. The van der Waals surface area contributed by atoms with E-state index in [0.717, 1.165) is 18.4 Å². The highest BCUT2D eigenvalue weighted by Gasteiger charge is 1.98. The minimum atomic E-state index is -0.513. The third kappa shape index (κ3) is 11.5. The summed E-state index contributed by atoms with van der Waals surface area (Å²) in [6, 6.07) is 16.0. The number of rotatable bonds is 4. The summed E-state index contributed by atoms with van der Waals surface area (Å²) in [5.74, 6) is -0.274. The zero-order chi connectivity index (χ0) is 17.5. The molecule has 23 heavy (non-hydrogen) atoms. The topological polar surface area (TPSA) is 60.7 Å². The van der Waals surface area contributed by atoms with Gasteiger partial charge in [-0.15, -0.1) is 0 Å². The highest BCUT2D eigenvalue weighted by atomic mass is 19.1. The molecule has 2 rings (SSSR count). The van der Waals surface area contributed by atoms with Crippen LogP contribution in [0.5, 0.6) is 0 Å². The fourth-order valence-corrected chi connectivity index (χ4v) is 1.67. The summed E-state index contributed by atoms with van der Waals surface area (Å²) in [4.78, 5) is 0. The third-order valence-electron chi connectivity index (χ3n) is 2.82. The van der Waals surface area contributed by atoms with E-state index in [-0.39, 0.29) is 19.0 Å². The molecule has 0 aromatic heterocycles. The SMILES string of the molecule is CC(O)c1ccc(F)cc1.CCO.OCCCc1ccccc1. The average Bonchev–Trinajstić information content (AvgIpc) is 2.56. The first-order chi connectivity index (χ1) is 11.0. The lowest BCUT2D eigenvalue weighted by Crippen LogP contribution is -1.89. The molecule has 0 aliphatic carbocycles. The van der Waals surface area contributed by atoms with Crippen molar-refractivity contribution < 1.29 is 19.7 Å². The molecule has 0 fully saturated rings. The molecule has 0 amide bonds. The largest absolute Gasteiger partial charge is 0.397 e. The van der Waals surface area contributed by atoms with Crippen LogP contribution in [0.2, 0.25) is 0 Å². The van der Waals surface area contributed by atoms with E-state index in [1.54, 1.807) is 26.0 Å². The second-order valence-corrected chi connectivity index (χ2v) is 4.86. The van der Waals surface area contributed by atoms with Crippen LogP contribution in [0.3, 0.4) is 0 Å². The first kappa shape index (κ1) is 21.2. The molecule has 0 spiro atoms. The van der Waals surface area contributed by atoms with Gasteiger partial charge in [0.2, 0.25) is 0 Å². The Labute approximate surface area is 138 Å². The highest BCUT2D eigenvalue weighted by Crippen LogP contribution is 2.11. The van der Waals surface area contributed by atoms with E-state index in [1.807, 2.05) is 18.2 Å². The number of hydrogen-bond donors (Lipinski definition) is 3. The molecule has 0 aliphatic heterocycles. The fraction of sp³-hybridized carbons (Fsp3) is 0.368.